The van der Waals surface area contributed by atoms with Crippen molar-refractivity contribution in [1.82, 2.24) is 5.32 Å². The molecule has 0 heterocycles. The molecule has 2 aromatic rings. The van der Waals surface area contributed by atoms with Gasteiger partial charge in [-0.05, 0) is 35.4 Å². The molecule has 0 aromatic heterocycles. The van der Waals surface area contributed by atoms with Crippen LogP contribution < -0.4 is 19.5 Å². The van der Waals surface area contributed by atoms with Gasteiger partial charge in [0.2, 0.25) is 11.7 Å². The van der Waals surface area contributed by atoms with E-state index in [2.05, 4.69) is 5.32 Å². The highest BCUT2D eigenvalue weighted by molar-refractivity contribution is 6.31. The monoisotopic (exact) mass is 361 g/mol. The first-order chi connectivity index (χ1) is 12.1. The number of rotatable bonds is 7. The van der Waals surface area contributed by atoms with Gasteiger partial charge >= 0.3 is 0 Å². The average molecular weight is 362 g/mol. The molecule has 0 spiro atoms. The minimum atomic E-state index is -0.228. The highest BCUT2D eigenvalue weighted by Crippen LogP contribution is 2.38. The lowest BCUT2D eigenvalue weighted by molar-refractivity contribution is -0.116. The van der Waals surface area contributed by atoms with E-state index in [4.69, 9.17) is 25.8 Å². The topological polar surface area (TPSA) is 56.8 Å². The molecule has 6 heteroatoms. The van der Waals surface area contributed by atoms with Crippen molar-refractivity contribution in [2.75, 3.05) is 21.3 Å². The summed E-state index contributed by atoms with van der Waals surface area (Å²) in [6.45, 7) is 0.359. The summed E-state index contributed by atoms with van der Waals surface area (Å²) < 4.78 is 15.9. The van der Waals surface area contributed by atoms with Crippen LogP contribution in [0.1, 0.15) is 11.1 Å². The van der Waals surface area contributed by atoms with Crippen molar-refractivity contribution >= 4 is 23.6 Å². The van der Waals surface area contributed by atoms with Crippen LogP contribution in [0, 0.1) is 0 Å². The molecule has 132 valence electrons. The standard InChI is InChI=1S/C19H20ClNO4/c1-23-16-10-13(11-17(24-2)19(16)25-3)8-9-18(22)21-12-14-6-4-5-7-15(14)20/h4-11H,12H2,1-3H3,(H,21,22)/b9-8+. The molecular formula is C19H20ClNO4. The number of amides is 1. The number of hydrogen-bond donors (Lipinski definition) is 1. The zero-order valence-electron chi connectivity index (χ0n) is 14.3. The lowest BCUT2D eigenvalue weighted by atomic mass is 10.1. The summed E-state index contributed by atoms with van der Waals surface area (Å²) in [6.07, 6.45) is 3.12. The van der Waals surface area contributed by atoms with Gasteiger partial charge in [0, 0.05) is 17.6 Å². The van der Waals surface area contributed by atoms with Crippen LogP contribution in [0.25, 0.3) is 6.08 Å². The first-order valence-electron chi connectivity index (χ1n) is 7.58. The van der Waals surface area contributed by atoms with Gasteiger partial charge < -0.3 is 19.5 Å². The first kappa shape index (κ1) is 18.7. The lowest BCUT2D eigenvalue weighted by Gasteiger charge is -2.12. The molecule has 0 bridgehead atoms. The van der Waals surface area contributed by atoms with Crippen LogP contribution in [0.2, 0.25) is 5.02 Å². The van der Waals surface area contributed by atoms with E-state index in [1.54, 1.807) is 38.5 Å². The fourth-order valence-corrected chi connectivity index (χ4v) is 2.46. The summed E-state index contributed by atoms with van der Waals surface area (Å²) >= 11 is 6.07. The van der Waals surface area contributed by atoms with Crippen LogP contribution >= 0.6 is 11.6 Å². The largest absolute Gasteiger partial charge is 0.493 e. The van der Waals surface area contributed by atoms with E-state index in [1.807, 2.05) is 18.2 Å². The summed E-state index contributed by atoms with van der Waals surface area (Å²) in [6, 6.07) is 10.9. The van der Waals surface area contributed by atoms with Crippen LogP contribution in [0.5, 0.6) is 17.2 Å². The Balaban J connectivity index is 2.08. The molecule has 5 nitrogen and oxygen atoms in total. The van der Waals surface area contributed by atoms with E-state index < -0.39 is 0 Å². The Labute approximate surface area is 152 Å². The second kappa shape index (κ2) is 8.99. The molecule has 0 saturated carbocycles. The summed E-state index contributed by atoms with van der Waals surface area (Å²) in [5, 5.41) is 3.41. The van der Waals surface area contributed by atoms with Crippen LogP contribution in [0.4, 0.5) is 0 Å². The lowest BCUT2D eigenvalue weighted by Crippen LogP contribution is -2.20. The van der Waals surface area contributed by atoms with E-state index in [9.17, 15) is 4.79 Å². The highest BCUT2D eigenvalue weighted by Gasteiger charge is 2.12. The zero-order chi connectivity index (χ0) is 18.2. The third-order valence-electron chi connectivity index (χ3n) is 3.53. The second-order valence-corrected chi connectivity index (χ2v) is 5.51. The minimum Gasteiger partial charge on any atom is -0.493 e. The SMILES string of the molecule is COc1cc(/C=C/C(=O)NCc2ccccc2Cl)cc(OC)c1OC. The molecule has 1 N–H and O–H groups in total. The normalized spacial score (nSPS) is 10.6. The molecule has 1 amide bonds. The van der Waals surface area contributed by atoms with Crippen LogP contribution in [0.15, 0.2) is 42.5 Å². The van der Waals surface area contributed by atoms with Crippen molar-refractivity contribution in [3.8, 4) is 17.2 Å². The zero-order valence-corrected chi connectivity index (χ0v) is 15.1. The Bertz CT molecular complexity index is 749. The molecule has 0 aliphatic rings. The van der Waals surface area contributed by atoms with Crippen molar-refractivity contribution in [1.29, 1.82) is 0 Å². The van der Waals surface area contributed by atoms with Gasteiger partial charge in [0.1, 0.15) is 0 Å². The summed E-state index contributed by atoms with van der Waals surface area (Å²) in [4.78, 5) is 12.0. The van der Waals surface area contributed by atoms with Crippen molar-refractivity contribution in [2.24, 2.45) is 0 Å². The third-order valence-corrected chi connectivity index (χ3v) is 3.89. The fourth-order valence-electron chi connectivity index (χ4n) is 2.25. The van der Waals surface area contributed by atoms with E-state index in [0.717, 1.165) is 11.1 Å². The Morgan fingerprint density at radius 3 is 2.28 bits per heavy atom. The number of ether oxygens (including phenoxy) is 3. The van der Waals surface area contributed by atoms with Gasteiger partial charge in [0.25, 0.3) is 0 Å². The quantitative estimate of drug-likeness (QED) is 0.764. The second-order valence-electron chi connectivity index (χ2n) is 5.10. The van der Waals surface area contributed by atoms with E-state index in [0.29, 0.717) is 28.8 Å². The van der Waals surface area contributed by atoms with Gasteiger partial charge in [-0.2, -0.15) is 0 Å². The maximum atomic E-state index is 12.0. The van der Waals surface area contributed by atoms with Crippen molar-refractivity contribution in [2.45, 2.75) is 6.54 Å². The number of halogens is 1. The van der Waals surface area contributed by atoms with Gasteiger partial charge in [0.15, 0.2) is 11.5 Å². The Kier molecular flexibility index (Phi) is 6.71. The summed E-state index contributed by atoms with van der Waals surface area (Å²) in [7, 11) is 4.63. The predicted octanol–water partition coefficient (Wildman–Crippen LogP) is 3.70. The van der Waals surface area contributed by atoms with Gasteiger partial charge in [-0.3, -0.25) is 4.79 Å². The molecule has 0 aliphatic carbocycles. The molecule has 25 heavy (non-hydrogen) atoms. The van der Waals surface area contributed by atoms with Gasteiger partial charge in [-0.25, -0.2) is 0 Å². The molecule has 0 saturated heterocycles. The molecule has 0 atom stereocenters. The number of carbonyl (C=O) groups is 1. The number of nitrogens with one attached hydrogen (secondary N) is 1. The average Bonchev–Trinajstić information content (AvgIpc) is 2.64. The van der Waals surface area contributed by atoms with Crippen LogP contribution in [-0.4, -0.2) is 27.2 Å². The summed E-state index contributed by atoms with van der Waals surface area (Å²) in [5.41, 5.74) is 1.61. The first-order valence-corrected chi connectivity index (χ1v) is 7.96. The third kappa shape index (κ3) is 4.90. The minimum absolute atomic E-state index is 0.228. The molecule has 0 fully saturated rings. The summed E-state index contributed by atoms with van der Waals surface area (Å²) in [5.74, 6) is 1.33. The molecule has 2 rings (SSSR count). The van der Waals surface area contributed by atoms with Crippen molar-refractivity contribution in [3.63, 3.8) is 0 Å². The van der Waals surface area contributed by atoms with Crippen LogP contribution in [-0.2, 0) is 11.3 Å². The van der Waals surface area contributed by atoms with Gasteiger partial charge in [0.05, 0.1) is 21.3 Å². The Hall–Kier alpha value is -2.66. The number of benzene rings is 2. The van der Waals surface area contributed by atoms with E-state index in [1.165, 1.54) is 13.2 Å². The van der Waals surface area contributed by atoms with Gasteiger partial charge in [-0.15, -0.1) is 0 Å². The number of hydrogen-bond acceptors (Lipinski definition) is 4. The highest BCUT2D eigenvalue weighted by atomic mass is 35.5. The maximum absolute atomic E-state index is 12.0. The number of methoxy groups -OCH3 is 3. The number of carbonyl (C=O) groups excluding carboxylic acids is 1. The maximum Gasteiger partial charge on any atom is 0.244 e. The van der Waals surface area contributed by atoms with Crippen molar-refractivity contribution < 1.29 is 19.0 Å². The molecule has 0 radical (unpaired) electrons. The van der Waals surface area contributed by atoms with E-state index >= 15 is 0 Å². The fraction of sp³-hybridized carbons (Fsp3) is 0.211. The molecular weight excluding hydrogens is 342 g/mol. The predicted molar refractivity (Wildman–Crippen MR) is 98.4 cm³/mol. The Morgan fingerprint density at radius 2 is 1.72 bits per heavy atom. The van der Waals surface area contributed by atoms with Gasteiger partial charge in [-0.1, -0.05) is 29.8 Å². The smallest absolute Gasteiger partial charge is 0.244 e. The van der Waals surface area contributed by atoms with Crippen molar-refractivity contribution in [3.05, 3.63) is 58.6 Å². The molecule has 2 aromatic carbocycles. The Morgan fingerprint density at radius 1 is 1.08 bits per heavy atom. The van der Waals surface area contributed by atoms with Crippen LogP contribution in [0.3, 0.4) is 0 Å². The van der Waals surface area contributed by atoms with E-state index in [-0.39, 0.29) is 5.91 Å². The molecule has 0 aliphatic heterocycles. The molecule has 0 unspecified atom stereocenters.